The minimum Gasteiger partial charge on any atom is -0.478 e. The fraction of sp³-hybridized carbons (Fsp3) is 0.0556. The number of hydrogen-bond acceptors (Lipinski definition) is 2. The second-order valence-electron chi connectivity index (χ2n) is 4.35. The van der Waals surface area contributed by atoms with Crippen molar-refractivity contribution < 1.29 is 19.8 Å². The van der Waals surface area contributed by atoms with Crippen LogP contribution < -0.4 is 0 Å². The Hall–Kier alpha value is -3.10. The monoisotopic (exact) mass is 296 g/mol. The molecule has 0 aliphatic carbocycles. The van der Waals surface area contributed by atoms with E-state index >= 15 is 0 Å². The van der Waals surface area contributed by atoms with Gasteiger partial charge in [0.25, 0.3) is 0 Å². The molecule has 22 heavy (non-hydrogen) atoms. The summed E-state index contributed by atoms with van der Waals surface area (Å²) in [5, 5.41) is 17.4. The molecule has 0 saturated carbocycles. The van der Waals surface area contributed by atoms with Crippen LogP contribution >= 0.6 is 0 Å². The van der Waals surface area contributed by atoms with E-state index in [0.717, 1.165) is 5.56 Å². The van der Waals surface area contributed by atoms with Gasteiger partial charge in [0.1, 0.15) is 0 Å². The van der Waals surface area contributed by atoms with Gasteiger partial charge in [-0.2, -0.15) is 0 Å². The molecule has 0 bridgehead atoms. The average molecular weight is 296 g/mol. The second kappa shape index (κ2) is 8.25. The van der Waals surface area contributed by atoms with Crippen LogP contribution in [0.25, 0.3) is 6.08 Å². The Morgan fingerprint density at radius 1 is 0.955 bits per heavy atom. The van der Waals surface area contributed by atoms with Gasteiger partial charge in [0.15, 0.2) is 0 Å². The van der Waals surface area contributed by atoms with Gasteiger partial charge in [0.05, 0.1) is 11.1 Å². The Labute approximate surface area is 128 Å². The lowest BCUT2D eigenvalue weighted by Gasteiger charge is -2.03. The van der Waals surface area contributed by atoms with Crippen LogP contribution in [0.1, 0.15) is 31.8 Å². The Kier molecular flexibility index (Phi) is 6.35. The van der Waals surface area contributed by atoms with Crippen LogP contribution in [-0.4, -0.2) is 22.2 Å². The largest absolute Gasteiger partial charge is 0.478 e. The van der Waals surface area contributed by atoms with Crippen molar-refractivity contribution in [2.75, 3.05) is 0 Å². The molecule has 4 nitrogen and oxygen atoms in total. The molecule has 0 radical (unpaired) electrons. The van der Waals surface area contributed by atoms with Gasteiger partial charge in [-0.15, -0.1) is 5.73 Å². The maximum atomic E-state index is 10.6. The predicted octanol–water partition coefficient (Wildman–Crippen LogP) is 3.88. The highest BCUT2D eigenvalue weighted by molar-refractivity contribution is 5.96. The summed E-state index contributed by atoms with van der Waals surface area (Å²) >= 11 is 0. The fourth-order valence-electron chi connectivity index (χ4n) is 1.77. The molecule has 0 fully saturated rings. The molecule has 4 heteroatoms. The molecule has 0 unspecified atom stereocenters. The standard InChI is InChI=1S/C9H8O4.C9H8/c1-5-6(8(10)11)3-2-4-7(5)9(12)13;1-2-6-9-7-4-3-5-8-9/h2-4H,1H3,(H,10,11)(H,12,13);3-8H,1H2. The summed E-state index contributed by atoms with van der Waals surface area (Å²) in [6.45, 7) is 4.95. The first-order valence-corrected chi connectivity index (χ1v) is 6.44. The van der Waals surface area contributed by atoms with Crippen molar-refractivity contribution >= 4 is 18.0 Å². The van der Waals surface area contributed by atoms with Gasteiger partial charge in [0.2, 0.25) is 0 Å². The van der Waals surface area contributed by atoms with Gasteiger partial charge in [-0.1, -0.05) is 43.0 Å². The Morgan fingerprint density at radius 2 is 1.45 bits per heavy atom. The van der Waals surface area contributed by atoms with E-state index in [4.69, 9.17) is 10.2 Å². The summed E-state index contributed by atoms with van der Waals surface area (Å²) in [5.41, 5.74) is 4.19. The molecule has 0 atom stereocenters. The molecule has 0 spiro atoms. The molecule has 0 aromatic heterocycles. The quantitative estimate of drug-likeness (QED) is 0.843. The highest BCUT2D eigenvalue weighted by Gasteiger charge is 2.13. The van der Waals surface area contributed by atoms with Crippen molar-refractivity contribution in [3.05, 3.63) is 83.1 Å². The first-order valence-electron chi connectivity index (χ1n) is 6.44. The van der Waals surface area contributed by atoms with Gasteiger partial charge >= 0.3 is 11.9 Å². The summed E-state index contributed by atoms with van der Waals surface area (Å²) in [5.74, 6) is -2.22. The average Bonchev–Trinajstić information content (AvgIpc) is 2.49. The second-order valence-corrected chi connectivity index (χ2v) is 4.35. The van der Waals surface area contributed by atoms with E-state index in [1.165, 1.54) is 25.1 Å². The third-order valence-corrected chi connectivity index (χ3v) is 2.86. The van der Waals surface area contributed by atoms with Crippen molar-refractivity contribution in [1.82, 2.24) is 0 Å². The smallest absolute Gasteiger partial charge is 0.335 e. The lowest BCUT2D eigenvalue weighted by atomic mass is 10.0. The Balaban J connectivity index is 0.000000235. The van der Waals surface area contributed by atoms with Gasteiger partial charge in [-0.3, -0.25) is 0 Å². The minimum absolute atomic E-state index is 0.0277. The first kappa shape index (κ1) is 17.0. The van der Waals surface area contributed by atoms with Crippen molar-refractivity contribution in [1.29, 1.82) is 0 Å². The number of rotatable bonds is 3. The van der Waals surface area contributed by atoms with E-state index in [2.05, 4.69) is 12.3 Å². The summed E-state index contributed by atoms with van der Waals surface area (Å²) in [6, 6.07) is 14.2. The van der Waals surface area contributed by atoms with E-state index in [0.29, 0.717) is 0 Å². The summed E-state index contributed by atoms with van der Waals surface area (Å²) in [4.78, 5) is 21.2. The molecule has 0 aliphatic heterocycles. The van der Waals surface area contributed by atoms with Crippen LogP contribution in [0.3, 0.4) is 0 Å². The molecule has 0 aliphatic rings. The van der Waals surface area contributed by atoms with Crippen LogP contribution in [0.4, 0.5) is 0 Å². The van der Waals surface area contributed by atoms with Gasteiger partial charge < -0.3 is 10.2 Å². The van der Waals surface area contributed by atoms with Crippen LogP contribution in [0.5, 0.6) is 0 Å². The summed E-state index contributed by atoms with van der Waals surface area (Å²) in [7, 11) is 0. The maximum Gasteiger partial charge on any atom is 0.335 e. The zero-order chi connectivity index (χ0) is 16.5. The van der Waals surface area contributed by atoms with Gasteiger partial charge in [0, 0.05) is 0 Å². The van der Waals surface area contributed by atoms with Crippen molar-refractivity contribution in [2.45, 2.75) is 6.92 Å². The van der Waals surface area contributed by atoms with Crippen LogP contribution in [0, 0.1) is 6.92 Å². The first-order chi connectivity index (χ1) is 10.5. The molecule has 112 valence electrons. The van der Waals surface area contributed by atoms with E-state index < -0.39 is 11.9 Å². The molecular weight excluding hydrogens is 280 g/mol. The topological polar surface area (TPSA) is 74.6 Å². The number of hydrogen-bond donors (Lipinski definition) is 2. The third kappa shape index (κ3) is 4.78. The molecule has 2 aromatic carbocycles. The zero-order valence-corrected chi connectivity index (χ0v) is 12.1. The number of benzene rings is 2. The lowest BCUT2D eigenvalue weighted by molar-refractivity contribution is 0.0696. The van der Waals surface area contributed by atoms with Gasteiger partial charge in [-0.05, 0) is 36.3 Å². The fourth-order valence-corrected chi connectivity index (χ4v) is 1.77. The van der Waals surface area contributed by atoms with Gasteiger partial charge in [-0.25, -0.2) is 9.59 Å². The summed E-state index contributed by atoms with van der Waals surface area (Å²) < 4.78 is 0. The highest BCUT2D eigenvalue weighted by Crippen LogP contribution is 2.13. The van der Waals surface area contributed by atoms with E-state index in [-0.39, 0.29) is 16.7 Å². The summed E-state index contributed by atoms with van der Waals surface area (Å²) in [6.07, 6.45) is 1.85. The molecule has 0 heterocycles. The molecule has 2 N–H and O–H groups in total. The van der Waals surface area contributed by atoms with Crippen LogP contribution in [-0.2, 0) is 0 Å². The minimum atomic E-state index is -1.11. The number of carbonyl (C=O) groups is 2. The molecular formula is C18H16O4. The Bertz CT molecular complexity index is 679. The van der Waals surface area contributed by atoms with Crippen molar-refractivity contribution in [3.8, 4) is 0 Å². The number of carboxylic acids is 2. The van der Waals surface area contributed by atoms with Crippen LogP contribution in [0.15, 0.2) is 60.8 Å². The lowest BCUT2D eigenvalue weighted by Crippen LogP contribution is -2.06. The molecule has 0 saturated heterocycles. The number of aromatic carboxylic acids is 2. The number of carboxylic acid groups (broad SMARTS) is 2. The van der Waals surface area contributed by atoms with E-state index in [1.807, 2.05) is 36.4 Å². The predicted molar refractivity (Wildman–Crippen MR) is 85.1 cm³/mol. The SMILES string of the molecule is C=C=Cc1ccccc1.Cc1c(C(=O)O)cccc1C(=O)O. The van der Waals surface area contributed by atoms with E-state index in [1.54, 1.807) is 0 Å². The molecule has 2 rings (SSSR count). The Morgan fingerprint density at radius 3 is 1.86 bits per heavy atom. The normalized spacial score (nSPS) is 8.95. The van der Waals surface area contributed by atoms with Crippen LogP contribution in [0.2, 0.25) is 0 Å². The van der Waals surface area contributed by atoms with Crippen molar-refractivity contribution in [2.24, 2.45) is 0 Å². The third-order valence-electron chi connectivity index (χ3n) is 2.86. The maximum absolute atomic E-state index is 10.6. The van der Waals surface area contributed by atoms with E-state index in [9.17, 15) is 9.59 Å². The zero-order valence-electron chi connectivity index (χ0n) is 12.1. The van der Waals surface area contributed by atoms with Crippen molar-refractivity contribution in [3.63, 3.8) is 0 Å². The highest BCUT2D eigenvalue weighted by atomic mass is 16.4. The molecule has 2 aromatic rings. The molecule has 0 amide bonds.